The number of hydrogen-bond acceptors (Lipinski definition) is 5. The lowest BCUT2D eigenvalue weighted by molar-refractivity contribution is 0.0867. The predicted molar refractivity (Wildman–Crippen MR) is 74.2 cm³/mol. The normalized spacial score (nSPS) is 11.9. The number of rotatable bonds is 8. The number of ether oxygens (including phenoxy) is 1. The maximum absolute atomic E-state index is 11.9. The highest BCUT2D eigenvalue weighted by molar-refractivity contribution is 5.92. The monoisotopic (exact) mass is 266 g/mol. The first-order valence-electron chi connectivity index (χ1n) is 6.61. The van der Waals surface area contributed by atoms with E-state index < -0.39 is 0 Å². The molecular weight excluding hydrogens is 244 g/mol. The van der Waals surface area contributed by atoms with Gasteiger partial charge in [-0.15, -0.1) is 0 Å². The van der Waals surface area contributed by atoms with Gasteiger partial charge in [0.15, 0.2) is 0 Å². The van der Waals surface area contributed by atoms with Gasteiger partial charge in [0, 0.05) is 19.2 Å². The molecule has 0 fully saturated rings. The third-order valence-corrected chi connectivity index (χ3v) is 2.39. The molecule has 0 aromatic carbocycles. The van der Waals surface area contributed by atoms with Crippen LogP contribution in [0.5, 0.6) is 0 Å². The van der Waals surface area contributed by atoms with Gasteiger partial charge < -0.3 is 15.4 Å². The number of amides is 1. The summed E-state index contributed by atoms with van der Waals surface area (Å²) in [6.07, 6.45) is 4.05. The van der Waals surface area contributed by atoms with Crippen molar-refractivity contribution in [3.8, 4) is 0 Å². The fourth-order valence-electron chi connectivity index (χ4n) is 1.42. The van der Waals surface area contributed by atoms with E-state index in [2.05, 4.69) is 27.5 Å². The van der Waals surface area contributed by atoms with Gasteiger partial charge >= 0.3 is 0 Å². The Morgan fingerprint density at radius 3 is 2.74 bits per heavy atom. The molecule has 0 radical (unpaired) electrons. The summed E-state index contributed by atoms with van der Waals surface area (Å²) < 4.78 is 5.23. The molecule has 0 saturated heterocycles. The van der Waals surface area contributed by atoms with Crippen LogP contribution in [-0.4, -0.2) is 41.7 Å². The Morgan fingerprint density at radius 1 is 1.37 bits per heavy atom. The van der Waals surface area contributed by atoms with E-state index >= 15 is 0 Å². The first kappa shape index (κ1) is 15.4. The Bertz CT molecular complexity index is 381. The van der Waals surface area contributed by atoms with Crippen LogP contribution in [0.2, 0.25) is 0 Å². The second-order valence-electron chi connectivity index (χ2n) is 4.25. The van der Waals surface area contributed by atoms with Gasteiger partial charge in [-0.05, 0) is 20.3 Å². The number of hydrogen-bond donors (Lipinski definition) is 2. The third kappa shape index (κ3) is 5.65. The number of aromatic nitrogens is 2. The van der Waals surface area contributed by atoms with E-state index in [0.29, 0.717) is 24.7 Å². The highest BCUT2D eigenvalue weighted by Gasteiger charge is 2.11. The fraction of sp³-hybridized carbons (Fsp3) is 0.615. The van der Waals surface area contributed by atoms with Gasteiger partial charge in [0.05, 0.1) is 19.0 Å². The molecule has 1 aromatic rings. The van der Waals surface area contributed by atoms with E-state index in [0.717, 1.165) is 13.0 Å². The Kier molecular flexibility index (Phi) is 6.81. The molecule has 1 atom stereocenters. The zero-order valence-corrected chi connectivity index (χ0v) is 11.8. The number of nitrogens with zero attached hydrogens (tertiary/aromatic N) is 2. The molecule has 0 spiro atoms. The maximum atomic E-state index is 11.9. The summed E-state index contributed by atoms with van der Waals surface area (Å²) in [6, 6.07) is -0.0489. The molecule has 2 N–H and O–H groups in total. The van der Waals surface area contributed by atoms with Crippen LogP contribution >= 0.6 is 0 Å². The Morgan fingerprint density at radius 2 is 2.16 bits per heavy atom. The molecule has 0 bridgehead atoms. The van der Waals surface area contributed by atoms with Crippen molar-refractivity contribution >= 4 is 11.7 Å². The largest absolute Gasteiger partial charge is 0.380 e. The summed E-state index contributed by atoms with van der Waals surface area (Å²) in [4.78, 5) is 20.1. The van der Waals surface area contributed by atoms with Crippen molar-refractivity contribution in [2.45, 2.75) is 33.2 Å². The summed E-state index contributed by atoms with van der Waals surface area (Å²) in [7, 11) is 0. The van der Waals surface area contributed by atoms with Gasteiger partial charge in [0.1, 0.15) is 11.5 Å². The van der Waals surface area contributed by atoms with Crippen molar-refractivity contribution in [3.05, 3.63) is 18.1 Å². The highest BCUT2D eigenvalue weighted by atomic mass is 16.5. The first-order chi connectivity index (χ1) is 9.17. The van der Waals surface area contributed by atoms with Crippen LogP contribution in [0.4, 0.5) is 5.82 Å². The van der Waals surface area contributed by atoms with Crippen molar-refractivity contribution in [2.24, 2.45) is 0 Å². The van der Waals surface area contributed by atoms with E-state index in [9.17, 15) is 4.79 Å². The first-order valence-corrected chi connectivity index (χ1v) is 6.61. The summed E-state index contributed by atoms with van der Waals surface area (Å²) in [5.74, 6) is 0.447. The molecule has 0 aliphatic heterocycles. The van der Waals surface area contributed by atoms with Crippen LogP contribution in [-0.2, 0) is 4.74 Å². The number of nitrogens with one attached hydrogen (secondary N) is 2. The standard InChI is InChI=1S/C13H22N4O2/c1-4-6-14-12-8-15-11(7-16-12)13(18)17-10(3)9-19-5-2/h7-8,10H,4-6,9H2,1-3H3,(H,14,16)(H,17,18). The molecule has 0 saturated carbocycles. The van der Waals surface area contributed by atoms with Crippen LogP contribution < -0.4 is 10.6 Å². The lowest BCUT2D eigenvalue weighted by Gasteiger charge is -2.13. The molecule has 1 unspecified atom stereocenters. The molecule has 6 nitrogen and oxygen atoms in total. The summed E-state index contributed by atoms with van der Waals surface area (Å²) in [5, 5.41) is 5.91. The minimum Gasteiger partial charge on any atom is -0.380 e. The van der Waals surface area contributed by atoms with Gasteiger partial charge in [0.2, 0.25) is 0 Å². The number of carbonyl (C=O) groups is 1. The fourth-order valence-corrected chi connectivity index (χ4v) is 1.42. The number of anilines is 1. The van der Waals surface area contributed by atoms with Crippen molar-refractivity contribution in [2.75, 3.05) is 25.1 Å². The smallest absolute Gasteiger partial charge is 0.271 e. The quantitative estimate of drug-likeness (QED) is 0.745. The van der Waals surface area contributed by atoms with Crippen LogP contribution in [0.1, 0.15) is 37.7 Å². The van der Waals surface area contributed by atoms with Crippen molar-refractivity contribution in [1.82, 2.24) is 15.3 Å². The third-order valence-electron chi connectivity index (χ3n) is 2.39. The van der Waals surface area contributed by atoms with Crippen molar-refractivity contribution in [3.63, 3.8) is 0 Å². The Hall–Kier alpha value is -1.69. The van der Waals surface area contributed by atoms with Crippen LogP contribution in [0, 0.1) is 0 Å². The van der Waals surface area contributed by atoms with Gasteiger partial charge in [-0.2, -0.15) is 0 Å². The molecule has 0 aliphatic rings. The minimum absolute atomic E-state index is 0.0489. The predicted octanol–water partition coefficient (Wildman–Crippen LogP) is 1.45. The SMILES string of the molecule is CCCNc1cnc(C(=O)NC(C)COCC)cn1. The van der Waals surface area contributed by atoms with Crippen molar-refractivity contribution in [1.29, 1.82) is 0 Å². The second-order valence-corrected chi connectivity index (χ2v) is 4.25. The van der Waals surface area contributed by atoms with Crippen LogP contribution in [0.3, 0.4) is 0 Å². The van der Waals surface area contributed by atoms with Crippen LogP contribution in [0.15, 0.2) is 12.4 Å². The lowest BCUT2D eigenvalue weighted by atomic mass is 10.3. The van der Waals surface area contributed by atoms with E-state index in [1.165, 1.54) is 6.20 Å². The lowest BCUT2D eigenvalue weighted by Crippen LogP contribution is -2.36. The van der Waals surface area contributed by atoms with E-state index in [4.69, 9.17) is 4.74 Å². The molecule has 19 heavy (non-hydrogen) atoms. The van der Waals surface area contributed by atoms with E-state index in [1.54, 1.807) is 6.20 Å². The summed E-state index contributed by atoms with van der Waals surface area (Å²) in [6.45, 7) is 7.84. The molecule has 1 aromatic heterocycles. The molecule has 6 heteroatoms. The second kappa shape index (κ2) is 8.42. The average molecular weight is 266 g/mol. The number of carbonyl (C=O) groups excluding carboxylic acids is 1. The molecule has 1 heterocycles. The molecule has 106 valence electrons. The summed E-state index contributed by atoms with van der Waals surface area (Å²) >= 11 is 0. The molecule has 1 rings (SSSR count). The van der Waals surface area contributed by atoms with Gasteiger partial charge in [0.25, 0.3) is 5.91 Å². The molecular formula is C13H22N4O2. The zero-order chi connectivity index (χ0) is 14.1. The Labute approximate surface area is 114 Å². The molecule has 0 aliphatic carbocycles. The Balaban J connectivity index is 2.48. The van der Waals surface area contributed by atoms with Crippen LogP contribution in [0.25, 0.3) is 0 Å². The van der Waals surface area contributed by atoms with Crippen molar-refractivity contribution < 1.29 is 9.53 Å². The topological polar surface area (TPSA) is 76.1 Å². The maximum Gasteiger partial charge on any atom is 0.271 e. The van der Waals surface area contributed by atoms with E-state index in [-0.39, 0.29) is 11.9 Å². The summed E-state index contributed by atoms with van der Waals surface area (Å²) in [5.41, 5.74) is 0.311. The van der Waals surface area contributed by atoms with Gasteiger partial charge in [-0.25, -0.2) is 9.97 Å². The average Bonchev–Trinajstić information content (AvgIpc) is 2.43. The van der Waals surface area contributed by atoms with Gasteiger partial charge in [-0.3, -0.25) is 4.79 Å². The minimum atomic E-state index is -0.234. The zero-order valence-electron chi connectivity index (χ0n) is 11.8. The van der Waals surface area contributed by atoms with E-state index in [1.807, 2.05) is 13.8 Å². The highest BCUT2D eigenvalue weighted by Crippen LogP contribution is 2.01. The molecule has 1 amide bonds. The van der Waals surface area contributed by atoms with Gasteiger partial charge in [-0.1, -0.05) is 6.92 Å².